The van der Waals surface area contributed by atoms with Gasteiger partial charge in [-0.2, -0.15) is 0 Å². The van der Waals surface area contributed by atoms with E-state index in [2.05, 4.69) is 20.8 Å². The molecular weight excluding hydrogens is 236 g/mol. The summed E-state index contributed by atoms with van der Waals surface area (Å²) in [7, 11) is 0. The van der Waals surface area contributed by atoms with Crippen LogP contribution in [0.15, 0.2) is 0 Å². The first-order chi connectivity index (χ1) is 8.22. The van der Waals surface area contributed by atoms with Gasteiger partial charge in [0.1, 0.15) is 5.01 Å². The Labute approximate surface area is 104 Å². The first-order valence-corrected chi connectivity index (χ1v) is 6.91. The van der Waals surface area contributed by atoms with E-state index in [0.29, 0.717) is 23.0 Å². The second-order valence-electron chi connectivity index (χ2n) is 4.93. The van der Waals surface area contributed by atoms with Crippen LogP contribution in [0.3, 0.4) is 0 Å². The van der Waals surface area contributed by atoms with Crippen LogP contribution in [0.25, 0.3) is 0 Å². The largest absolute Gasteiger partial charge is 0.335 e. The molecule has 0 bridgehead atoms. The van der Waals surface area contributed by atoms with Crippen LogP contribution >= 0.6 is 11.3 Å². The summed E-state index contributed by atoms with van der Waals surface area (Å²) >= 11 is 1.40. The fourth-order valence-electron chi connectivity index (χ4n) is 2.16. The quantitative estimate of drug-likeness (QED) is 0.863. The van der Waals surface area contributed by atoms with E-state index >= 15 is 0 Å². The molecule has 17 heavy (non-hydrogen) atoms. The van der Waals surface area contributed by atoms with Crippen molar-refractivity contribution >= 4 is 22.5 Å². The molecule has 0 unspecified atom stereocenters. The van der Waals surface area contributed by atoms with Crippen molar-refractivity contribution in [3.8, 4) is 0 Å². The van der Waals surface area contributed by atoms with Gasteiger partial charge in [-0.1, -0.05) is 11.3 Å². The number of hydrogen-bond acceptors (Lipinski definition) is 4. The molecular formula is C11H16N4OS. The Morgan fingerprint density at radius 2 is 1.94 bits per heavy atom. The van der Waals surface area contributed by atoms with E-state index in [1.165, 1.54) is 37.0 Å². The van der Waals surface area contributed by atoms with Crippen molar-refractivity contribution in [2.75, 3.05) is 5.32 Å². The highest BCUT2D eigenvalue weighted by atomic mass is 32.1. The molecule has 0 spiro atoms. The number of hydrogen-bond donors (Lipinski definition) is 2. The zero-order valence-electron chi connectivity index (χ0n) is 9.77. The highest BCUT2D eigenvalue weighted by Gasteiger charge is 2.42. The van der Waals surface area contributed by atoms with Gasteiger partial charge in [-0.05, 0) is 44.4 Å². The molecule has 0 radical (unpaired) electrons. The Bertz CT molecular complexity index is 413. The number of anilines is 1. The number of urea groups is 1. The van der Waals surface area contributed by atoms with Crippen LogP contribution in [-0.4, -0.2) is 22.3 Å². The lowest BCUT2D eigenvalue weighted by Crippen LogP contribution is -2.40. The number of nitrogens with zero attached hydrogens (tertiary/aromatic N) is 2. The molecule has 92 valence electrons. The number of carbonyl (C=O) groups is 1. The van der Waals surface area contributed by atoms with E-state index < -0.39 is 0 Å². The molecule has 5 nitrogen and oxygen atoms in total. The minimum atomic E-state index is -0.134. The zero-order chi connectivity index (χ0) is 11.8. The second kappa shape index (κ2) is 4.25. The van der Waals surface area contributed by atoms with Crippen LogP contribution in [0.4, 0.5) is 9.93 Å². The molecule has 2 aliphatic carbocycles. The average Bonchev–Trinajstić information content (AvgIpc) is 3.17. The molecule has 2 saturated carbocycles. The van der Waals surface area contributed by atoms with Crippen LogP contribution in [0.1, 0.15) is 30.7 Å². The smallest absolute Gasteiger partial charge is 0.321 e. The summed E-state index contributed by atoms with van der Waals surface area (Å²) in [5.74, 6) is 1.42. The first-order valence-electron chi connectivity index (χ1n) is 6.10. The topological polar surface area (TPSA) is 66.9 Å². The van der Waals surface area contributed by atoms with Gasteiger partial charge >= 0.3 is 6.03 Å². The van der Waals surface area contributed by atoms with Gasteiger partial charge in [0.2, 0.25) is 5.13 Å². The highest BCUT2D eigenvalue weighted by Crippen LogP contribution is 2.44. The molecule has 1 aromatic heterocycles. The Hall–Kier alpha value is -1.17. The molecule has 0 aromatic carbocycles. The monoisotopic (exact) mass is 252 g/mol. The minimum absolute atomic E-state index is 0.134. The standard InChI is InChI=1S/C11H16N4OS/c1-6-14-15-11(17-6)13-10(16)12-9(7-2-3-7)8-4-5-8/h7-9H,2-5H2,1H3,(H2,12,13,15,16). The number of amides is 2. The molecule has 0 aliphatic heterocycles. The number of carbonyl (C=O) groups excluding carboxylic acids is 1. The van der Waals surface area contributed by atoms with Crippen LogP contribution in [-0.2, 0) is 0 Å². The second-order valence-corrected chi connectivity index (χ2v) is 6.11. The van der Waals surface area contributed by atoms with E-state index in [1.807, 2.05) is 6.92 Å². The van der Waals surface area contributed by atoms with Gasteiger partial charge in [0.15, 0.2) is 0 Å². The van der Waals surface area contributed by atoms with Gasteiger partial charge in [0, 0.05) is 6.04 Å². The number of rotatable bonds is 4. The Kier molecular flexibility index (Phi) is 2.74. The van der Waals surface area contributed by atoms with Crippen molar-refractivity contribution in [1.82, 2.24) is 15.5 Å². The number of nitrogens with one attached hydrogen (secondary N) is 2. The van der Waals surface area contributed by atoms with Crippen molar-refractivity contribution in [3.05, 3.63) is 5.01 Å². The lowest BCUT2D eigenvalue weighted by molar-refractivity contribution is 0.245. The number of aryl methyl sites for hydroxylation is 1. The molecule has 0 atom stereocenters. The fraction of sp³-hybridized carbons (Fsp3) is 0.727. The zero-order valence-corrected chi connectivity index (χ0v) is 10.6. The van der Waals surface area contributed by atoms with Gasteiger partial charge in [-0.15, -0.1) is 10.2 Å². The van der Waals surface area contributed by atoms with Crippen LogP contribution in [0, 0.1) is 18.8 Å². The van der Waals surface area contributed by atoms with Crippen molar-refractivity contribution in [1.29, 1.82) is 0 Å². The maximum Gasteiger partial charge on any atom is 0.321 e. The third-order valence-corrected chi connectivity index (χ3v) is 4.06. The summed E-state index contributed by atoms with van der Waals surface area (Å²) in [5, 5.41) is 15.0. The predicted molar refractivity (Wildman–Crippen MR) is 66.0 cm³/mol. The minimum Gasteiger partial charge on any atom is -0.335 e. The lowest BCUT2D eigenvalue weighted by Gasteiger charge is -2.17. The molecule has 3 rings (SSSR count). The van der Waals surface area contributed by atoms with Crippen molar-refractivity contribution < 1.29 is 4.79 Å². The van der Waals surface area contributed by atoms with Gasteiger partial charge in [-0.3, -0.25) is 5.32 Å². The van der Waals surface area contributed by atoms with E-state index in [-0.39, 0.29) is 6.03 Å². The van der Waals surface area contributed by atoms with Gasteiger partial charge in [0.25, 0.3) is 0 Å². The Balaban J connectivity index is 1.55. The van der Waals surface area contributed by atoms with Crippen LogP contribution in [0.2, 0.25) is 0 Å². The summed E-state index contributed by atoms with van der Waals surface area (Å²) in [6.45, 7) is 1.87. The van der Waals surface area contributed by atoms with Crippen LogP contribution < -0.4 is 10.6 Å². The highest BCUT2D eigenvalue weighted by molar-refractivity contribution is 7.15. The third-order valence-electron chi connectivity index (χ3n) is 3.30. The molecule has 1 aromatic rings. The van der Waals surface area contributed by atoms with E-state index in [4.69, 9.17) is 0 Å². The fourth-order valence-corrected chi connectivity index (χ4v) is 2.75. The molecule has 2 aliphatic rings. The van der Waals surface area contributed by atoms with Gasteiger partial charge in [0.05, 0.1) is 0 Å². The summed E-state index contributed by atoms with van der Waals surface area (Å²) in [6, 6.07) is 0.244. The Morgan fingerprint density at radius 3 is 2.41 bits per heavy atom. The Morgan fingerprint density at radius 1 is 1.29 bits per heavy atom. The van der Waals surface area contributed by atoms with Crippen molar-refractivity contribution in [2.24, 2.45) is 11.8 Å². The maximum atomic E-state index is 11.8. The van der Waals surface area contributed by atoms with Gasteiger partial charge in [-0.25, -0.2) is 4.79 Å². The molecule has 0 saturated heterocycles. The summed E-state index contributed by atoms with van der Waals surface area (Å²) < 4.78 is 0. The summed E-state index contributed by atoms with van der Waals surface area (Å²) in [4.78, 5) is 11.8. The third kappa shape index (κ3) is 2.74. The summed E-state index contributed by atoms with van der Waals surface area (Å²) in [6.07, 6.45) is 5.05. The SMILES string of the molecule is Cc1nnc(NC(=O)NC(C2CC2)C2CC2)s1. The predicted octanol–water partition coefficient (Wildman–Crippen LogP) is 2.16. The molecule has 1 heterocycles. The average molecular weight is 252 g/mol. The van der Waals surface area contributed by atoms with E-state index in [9.17, 15) is 4.79 Å². The first kappa shape index (κ1) is 11.0. The van der Waals surface area contributed by atoms with E-state index in [1.54, 1.807) is 0 Å². The number of aromatic nitrogens is 2. The van der Waals surface area contributed by atoms with E-state index in [0.717, 1.165) is 5.01 Å². The van der Waals surface area contributed by atoms with Gasteiger partial charge < -0.3 is 5.32 Å². The van der Waals surface area contributed by atoms with Crippen molar-refractivity contribution in [2.45, 2.75) is 38.6 Å². The molecule has 2 amide bonds. The lowest BCUT2D eigenvalue weighted by atomic mass is 10.1. The summed E-state index contributed by atoms with van der Waals surface area (Å²) in [5.41, 5.74) is 0. The normalized spacial score (nSPS) is 19.4. The van der Waals surface area contributed by atoms with Crippen molar-refractivity contribution in [3.63, 3.8) is 0 Å². The maximum absolute atomic E-state index is 11.8. The molecule has 2 N–H and O–H groups in total. The molecule has 6 heteroatoms. The van der Waals surface area contributed by atoms with Crippen LogP contribution in [0.5, 0.6) is 0 Å². The molecule has 2 fully saturated rings.